The maximum Gasteiger partial charge on any atom is 0.270 e. The molecule has 2 N–H and O–H groups in total. The van der Waals surface area contributed by atoms with Gasteiger partial charge in [-0.05, 0) is 37.1 Å². The molecule has 1 heterocycles. The molecule has 0 saturated carbocycles. The molecule has 1 aromatic heterocycles. The van der Waals surface area contributed by atoms with E-state index in [1.165, 1.54) is 5.56 Å². The molecule has 0 aliphatic rings. The number of nitrogens with one attached hydrogen (secondary N) is 2. The summed E-state index contributed by atoms with van der Waals surface area (Å²) in [6, 6.07) is 19.1. The highest BCUT2D eigenvalue weighted by atomic mass is 16.5. The van der Waals surface area contributed by atoms with Crippen LogP contribution >= 0.6 is 0 Å². The number of hydrogen-bond acceptors (Lipinski definition) is 5. The van der Waals surface area contributed by atoms with Crippen LogP contribution < -0.4 is 15.4 Å². The first-order valence-electron chi connectivity index (χ1n) is 8.90. The monoisotopic (exact) mass is 362 g/mol. The highest BCUT2D eigenvalue weighted by molar-refractivity contribution is 5.92. The largest absolute Gasteiger partial charge is 0.492 e. The highest BCUT2D eigenvalue weighted by Gasteiger charge is 2.10. The molecule has 0 saturated heterocycles. The summed E-state index contributed by atoms with van der Waals surface area (Å²) in [6.07, 6.45) is 2.33. The summed E-state index contributed by atoms with van der Waals surface area (Å²) in [4.78, 5) is 20.8. The highest BCUT2D eigenvalue weighted by Crippen LogP contribution is 2.25. The summed E-state index contributed by atoms with van der Waals surface area (Å²) in [5.41, 5.74) is 2.24. The molecular formula is C21H22N4O2. The summed E-state index contributed by atoms with van der Waals surface area (Å²) in [7, 11) is 0. The standard InChI is InChI=1S/C21H22N4O2/c1-2-27-19-11-7-6-10-17(19)24-21-23-15-13-18(25-21)20(26)22-14-12-16-8-4-3-5-9-16/h3-11,13,15H,2,12,14H2,1H3,(H,22,26)(H,23,24,25). The number of ether oxygens (including phenoxy) is 1. The molecule has 6 heteroatoms. The van der Waals surface area contributed by atoms with Crippen molar-refractivity contribution in [2.45, 2.75) is 13.3 Å². The van der Waals surface area contributed by atoms with Gasteiger partial charge in [-0.25, -0.2) is 9.97 Å². The van der Waals surface area contributed by atoms with Crippen molar-refractivity contribution in [2.75, 3.05) is 18.5 Å². The molecule has 0 radical (unpaired) electrons. The van der Waals surface area contributed by atoms with Gasteiger partial charge in [-0.3, -0.25) is 4.79 Å². The Balaban J connectivity index is 1.62. The number of para-hydroxylation sites is 2. The van der Waals surface area contributed by atoms with Gasteiger partial charge in [-0.15, -0.1) is 0 Å². The molecular weight excluding hydrogens is 340 g/mol. The zero-order chi connectivity index (χ0) is 18.9. The van der Waals surface area contributed by atoms with Crippen molar-refractivity contribution in [3.63, 3.8) is 0 Å². The van der Waals surface area contributed by atoms with Crippen LogP contribution in [0.2, 0.25) is 0 Å². The summed E-state index contributed by atoms with van der Waals surface area (Å²) >= 11 is 0. The lowest BCUT2D eigenvalue weighted by Crippen LogP contribution is -2.26. The van der Waals surface area contributed by atoms with Crippen LogP contribution in [0.1, 0.15) is 23.0 Å². The Bertz CT molecular complexity index is 884. The van der Waals surface area contributed by atoms with Gasteiger partial charge in [0, 0.05) is 12.7 Å². The molecule has 0 unspecified atom stereocenters. The summed E-state index contributed by atoms with van der Waals surface area (Å²) < 4.78 is 5.58. The molecule has 0 aliphatic heterocycles. The van der Waals surface area contributed by atoms with Crippen molar-refractivity contribution in [1.82, 2.24) is 15.3 Å². The molecule has 27 heavy (non-hydrogen) atoms. The third kappa shape index (κ3) is 5.28. The molecule has 0 fully saturated rings. The first-order valence-corrected chi connectivity index (χ1v) is 8.90. The number of nitrogens with zero attached hydrogens (tertiary/aromatic N) is 2. The Hall–Kier alpha value is -3.41. The van der Waals surface area contributed by atoms with Gasteiger partial charge in [0.15, 0.2) is 0 Å². The Morgan fingerprint density at radius 2 is 1.81 bits per heavy atom. The van der Waals surface area contributed by atoms with Gasteiger partial charge in [0.05, 0.1) is 12.3 Å². The van der Waals surface area contributed by atoms with Crippen LogP contribution in [-0.2, 0) is 6.42 Å². The predicted molar refractivity (Wildman–Crippen MR) is 105 cm³/mol. The van der Waals surface area contributed by atoms with Crippen LogP contribution in [0.15, 0.2) is 66.9 Å². The molecule has 6 nitrogen and oxygen atoms in total. The van der Waals surface area contributed by atoms with Crippen molar-refractivity contribution in [2.24, 2.45) is 0 Å². The fraction of sp³-hybridized carbons (Fsp3) is 0.190. The van der Waals surface area contributed by atoms with Crippen LogP contribution in [0.3, 0.4) is 0 Å². The molecule has 0 atom stereocenters. The van der Waals surface area contributed by atoms with E-state index in [0.717, 1.165) is 12.1 Å². The number of amides is 1. The van der Waals surface area contributed by atoms with Crippen molar-refractivity contribution in [3.8, 4) is 5.75 Å². The number of carbonyl (C=O) groups is 1. The van der Waals surface area contributed by atoms with E-state index in [0.29, 0.717) is 30.5 Å². The summed E-state index contributed by atoms with van der Waals surface area (Å²) in [5, 5.41) is 6.00. The fourth-order valence-electron chi connectivity index (χ4n) is 2.57. The van der Waals surface area contributed by atoms with E-state index in [-0.39, 0.29) is 5.91 Å². The molecule has 1 amide bonds. The number of anilines is 2. The van der Waals surface area contributed by atoms with Gasteiger partial charge in [-0.2, -0.15) is 0 Å². The lowest BCUT2D eigenvalue weighted by molar-refractivity contribution is 0.0949. The lowest BCUT2D eigenvalue weighted by atomic mass is 10.1. The Morgan fingerprint density at radius 1 is 1.04 bits per heavy atom. The van der Waals surface area contributed by atoms with Crippen LogP contribution in [0, 0.1) is 0 Å². The van der Waals surface area contributed by atoms with Crippen LogP contribution in [0.25, 0.3) is 0 Å². The molecule has 3 rings (SSSR count). The minimum atomic E-state index is -0.227. The molecule has 0 aliphatic carbocycles. The first-order chi connectivity index (χ1) is 13.3. The molecule has 0 bridgehead atoms. The van der Waals surface area contributed by atoms with E-state index >= 15 is 0 Å². The molecule has 0 spiro atoms. The second kappa shape index (κ2) is 9.33. The van der Waals surface area contributed by atoms with Gasteiger partial charge in [0.2, 0.25) is 5.95 Å². The van der Waals surface area contributed by atoms with Crippen molar-refractivity contribution in [3.05, 3.63) is 78.1 Å². The third-order valence-corrected chi connectivity index (χ3v) is 3.86. The second-order valence-electron chi connectivity index (χ2n) is 5.81. The van der Waals surface area contributed by atoms with Gasteiger partial charge in [0.25, 0.3) is 5.91 Å². The SMILES string of the molecule is CCOc1ccccc1Nc1nccc(C(=O)NCCc2ccccc2)n1. The Morgan fingerprint density at radius 3 is 2.63 bits per heavy atom. The van der Waals surface area contributed by atoms with Crippen LogP contribution in [0.4, 0.5) is 11.6 Å². The second-order valence-corrected chi connectivity index (χ2v) is 5.81. The number of carbonyl (C=O) groups excluding carboxylic acids is 1. The van der Waals surface area contributed by atoms with Crippen molar-refractivity contribution >= 4 is 17.5 Å². The van der Waals surface area contributed by atoms with Crippen LogP contribution in [-0.4, -0.2) is 29.0 Å². The van der Waals surface area contributed by atoms with E-state index in [1.54, 1.807) is 12.3 Å². The number of hydrogen-bond donors (Lipinski definition) is 2. The van der Waals surface area contributed by atoms with Crippen molar-refractivity contribution in [1.29, 1.82) is 0 Å². The van der Waals surface area contributed by atoms with E-state index < -0.39 is 0 Å². The third-order valence-electron chi connectivity index (χ3n) is 3.86. The van der Waals surface area contributed by atoms with E-state index in [1.807, 2.05) is 61.5 Å². The summed E-state index contributed by atoms with van der Waals surface area (Å²) in [6.45, 7) is 3.03. The average Bonchev–Trinajstić information content (AvgIpc) is 2.71. The summed E-state index contributed by atoms with van der Waals surface area (Å²) in [5.74, 6) is 0.827. The molecule has 3 aromatic rings. The fourth-order valence-corrected chi connectivity index (χ4v) is 2.57. The maximum atomic E-state index is 12.4. The minimum Gasteiger partial charge on any atom is -0.492 e. The molecule has 138 valence electrons. The van der Waals surface area contributed by atoms with Gasteiger partial charge in [-0.1, -0.05) is 42.5 Å². The minimum absolute atomic E-state index is 0.227. The van der Waals surface area contributed by atoms with Crippen molar-refractivity contribution < 1.29 is 9.53 Å². The Kier molecular flexibility index (Phi) is 6.35. The topological polar surface area (TPSA) is 76.1 Å². The van der Waals surface area contributed by atoms with Crippen LogP contribution in [0.5, 0.6) is 5.75 Å². The smallest absolute Gasteiger partial charge is 0.270 e. The number of aromatic nitrogens is 2. The van der Waals surface area contributed by atoms with Gasteiger partial charge in [0.1, 0.15) is 11.4 Å². The maximum absolute atomic E-state index is 12.4. The van der Waals surface area contributed by atoms with Gasteiger partial charge >= 0.3 is 0 Å². The normalized spacial score (nSPS) is 10.3. The van der Waals surface area contributed by atoms with E-state index in [9.17, 15) is 4.79 Å². The zero-order valence-electron chi connectivity index (χ0n) is 15.2. The first kappa shape index (κ1) is 18.4. The number of rotatable bonds is 8. The Labute approximate surface area is 158 Å². The van der Waals surface area contributed by atoms with E-state index in [2.05, 4.69) is 20.6 Å². The zero-order valence-corrected chi connectivity index (χ0v) is 15.2. The van der Waals surface area contributed by atoms with Gasteiger partial charge < -0.3 is 15.4 Å². The van der Waals surface area contributed by atoms with E-state index in [4.69, 9.17) is 4.74 Å². The quantitative estimate of drug-likeness (QED) is 0.640. The number of benzene rings is 2. The molecule has 2 aromatic carbocycles. The average molecular weight is 362 g/mol. The lowest BCUT2D eigenvalue weighted by Gasteiger charge is -2.11. The predicted octanol–water partition coefficient (Wildman–Crippen LogP) is 3.59.